The van der Waals surface area contributed by atoms with Gasteiger partial charge in [0.2, 0.25) is 0 Å². The van der Waals surface area contributed by atoms with Gasteiger partial charge in [-0.15, -0.1) is 0 Å². The predicted octanol–water partition coefficient (Wildman–Crippen LogP) is 14.8. The first-order chi connectivity index (χ1) is 31.5. The van der Waals surface area contributed by atoms with Crippen molar-refractivity contribution in [1.82, 2.24) is 15.0 Å². The molecule has 3 heteroatoms. The third kappa shape index (κ3) is 5.92. The summed E-state index contributed by atoms with van der Waals surface area (Å²) in [5.41, 5.74) is 18.5. The van der Waals surface area contributed by atoms with E-state index < -0.39 is 5.41 Å². The number of hydrogen-bond donors (Lipinski definition) is 0. The largest absolute Gasteiger partial charge is 0.212 e. The van der Waals surface area contributed by atoms with Gasteiger partial charge in [0.05, 0.1) is 5.41 Å². The van der Waals surface area contributed by atoms with E-state index in [1.807, 2.05) is 0 Å². The Morgan fingerprint density at radius 1 is 0.391 bits per heavy atom. The fraction of sp³-hybridized carbons (Fsp3) is 0.0984. The van der Waals surface area contributed by atoms with Gasteiger partial charge in [-0.1, -0.05) is 226 Å². The Kier molecular flexibility index (Phi) is 8.88. The van der Waals surface area contributed by atoms with Crippen LogP contribution in [0.25, 0.3) is 67.3 Å². The second kappa shape index (κ2) is 15.0. The Hall–Kier alpha value is -7.75. The van der Waals surface area contributed by atoms with Gasteiger partial charge >= 0.3 is 0 Å². The summed E-state index contributed by atoms with van der Waals surface area (Å²) in [4.78, 5) is 16.1. The van der Waals surface area contributed by atoms with Crippen LogP contribution >= 0.6 is 0 Å². The molecule has 8 aromatic carbocycles. The molecular formula is C61H45N3. The van der Waals surface area contributed by atoms with Crippen LogP contribution in [0, 0.1) is 0 Å². The molecule has 0 radical (unpaired) electrons. The van der Waals surface area contributed by atoms with Crippen molar-refractivity contribution >= 4 is 0 Å². The van der Waals surface area contributed by atoms with Crippen LogP contribution in [0.4, 0.5) is 0 Å². The monoisotopic (exact) mass is 819 g/mol. The van der Waals surface area contributed by atoms with E-state index in [0.717, 1.165) is 28.9 Å². The van der Waals surface area contributed by atoms with E-state index in [-0.39, 0.29) is 11.3 Å². The number of allylic oxidation sites excluding steroid dienone is 4. The van der Waals surface area contributed by atoms with Crippen molar-refractivity contribution < 1.29 is 0 Å². The molecule has 1 aromatic heterocycles. The molecule has 1 heterocycles. The SMILES string of the molecule is CC1(C)c2ccccc2C2(c3ccc(-c4ccc(-c5ccccc5)cc4)cc3-c3c(-c4nc(-c5ccc(-c6ccccc6)cc5)nc(C5C=CC=CC5)n4)cccc32)c2ccccc21. The summed E-state index contributed by atoms with van der Waals surface area (Å²) in [7, 11) is 0. The highest BCUT2D eigenvalue weighted by Gasteiger charge is 2.54. The van der Waals surface area contributed by atoms with Crippen LogP contribution in [0.3, 0.4) is 0 Å². The maximum atomic E-state index is 5.43. The Morgan fingerprint density at radius 2 is 0.891 bits per heavy atom. The highest BCUT2D eigenvalue weighted by atomic mass is 15.0. The number of benzene rings is 8. The first kappa shape index (κ1) is 38.0. The third-order valence-corrected chi connectivity index (χ3v) is 14.0. The lowest BCUT2D eigenvalue weighted by Crippen LogP contribution is -2.40. The number of aromatic nitrogens is 3. The summed E-state index contributed by atoms with van der Waals surface area (Å²) in [5.74, 6) is 2.18. The van der Waals surface area contributed by atoms with Gasteiger partial charge in [-0.2, -0.15) is 0 Å². The molecule has 12 rings (SSSR count). The average Bonchev–Trinajstić information content (AvgIpc) is 3.67. The first-order valence-corrected chi connectivity index (χ1v) is 22.4. The molecular weight excluding hydrogens is 775 g/mol. The first-order valence-electron chi connectivity index (χ1n) is 22.4. The van der Waals surface area contributed by atoms with Crippen molar-refractivity contribution in [3.8, 4) is 67.3 Å². The van der Waals surface area contributed by atoms with Gasteiger partial charge in [0, 0.05) is 22.5 Å². The van der Waals surface area contributed by atoms with Crippen LogP contribution in [0.5, 0.6) is 0 Å². The van der Waals surface area contributed by atoms with E-state index in [4.69, 9.17) is 15.0 Å². The van der Waals surface area contributed by atoms with E-state index in [1.54, 1.807) is 0 Å². The van der Waals surface area contributed by atoms with Crippen LogP contribution in [-0.4, -0.2) is 15.0 Å². The minimum Gasteiger partial charge on any atom is -0.212 e. The zero-order valence-corrected chi connectivity index (χ0v) is 35.9. The summed E-state index contributed by atoms with van der Waals surface area (Å²) in [6, 6.07) is 71.0. The fourth-order valence-electron chi connectivity index (χ4n) is 10.8. The molecule has 304 valence electrons. The molecule has 0 bridgehead atoms. The van der Waals surface area contributed by atoms with Crippen molar-refractivity contribution in [3.05, 3.63) is 258 Å². The molecule has 3 aliphatic carbocycles. The normalized spacial score (nSPS) is 15.9. The Bertz CT molecular complexity index is 3260. The van der Waals surface area contributed by atoms with Crippen LogP contribution in [0.2, 0.25) is 0 Å². The lowest BCUT2D eigenvalue weighted by molar-refractivity contribution is 0.563. The van der Waals surface area contributed by atoms with E-state index >= 15 is 0 Å². The molecule has 0 saturated heterocycles. The molecule has 0 aliphatic heterocycles. The maximum Gasteiger partial charge on any atom is 0.164 e. The van der Waals surface area contributed by atoms with Crippen molar-refractivity contribution in [2.45, 2.75) is 37.0 Å². The second-order valence-electron chi connectivity index (χ2n) is 17.8. The van der Waals surface area contributed by atoms with E-state index in [1.165, 1.54) is 72.3 Å². The molecule has 3 nitrogen and oxygen atoms in total. The summed E-state index contributed by atoms with van der Waals surface area (Å²) in [6.45, 7) is 4.75. The van der Waals surface area contributed by atoms with Gasteiger partial charge in [0.1, 0.15) is 5.82 Å². The second-order valence-corrected chi connectivity index (χ2v) is 17.8. The van der Waals surface area contributed by atoms with Gasteiger partial charge in [-0.25, -0.2) is 15.0 Å². The third-order valence-electron chi connectivity index (χ3n) is 14.0. The van der Waals surface area contributed by atoms with Crippen molar-refractivity contribution in [1.29, 1.82) is 0 Å². The fourth-order valence-corrected chi connectivity index (χ4v) is 10.8. The van der Waals surface area contributed by atoms with E-state index in [9.17, 15) is 0 Å². The molecule has 0 fully saturated rings. The molecule has 1 atom stereocenters. The minimum atomic E-state index is -0.568. The Morgan fingerprint density at radius 3 is 1.48 bits per heavy atom. The smallest absolute Gasteiger partial charge is 0.164 e. The highest BCUT2D eigenvalue weighted by Crippen LogP contribution is 2.63. The summed E-state index contributed by atoms with van der Waals surface area (Å²) >= 11 is 0. The zero-order valence-electron chi connectivity index (χ0n) is 35.9. The standard InChI is InChI=1S/C61H45N3/c1-60(2)51-24-12-14-26-53(51)61(54-27-15-13-25-52(54)60)50-38-37-47(44-31-29-42(30-32-44)40-17-6-3-7-18-40)39-49(50)56-48(23-16-28-55(56)61)59-63-57(45-21-10-5-11-22-45)62-58(64-59)46-35-33-43(34-36-46)41-19-8-4-9-20-41/h3-21,23-39,45H,22H2,1-2H3. The van der Waals surface area contributed by atoms with Gasteiger partial charge in [0.25, 0.3) is 0 Å². The molecule has 9 aromatic rings. The quantitative estimate of drug-likeness (QED) is 0.168. The number of fused-ring (bicyclic) bond motifs is 9. The summed E-state index contributed by atoms with van der Waals surface area (Å²) in [5, 5.41) is 0. The van der Waals surface area contributed by atoms with Crippen molar-refractivity contribution in [2.75, 3.05) is 0 Å². The lowest BCUT2D eigenvalue weighted by atomic mass is 9.55. The number of rotatable bonds is 6. The number of hydrogen-bond acceptors (Lipinski definition) is 3. The van der Waals surface area contributed by atoms with Crippen LogP contribution < -0.4 is 0 Å². The number of nitrogens with zero attached hydrogens (tertiary/aromatic N) is 3. The molecule has 1 unspecified atom stereocenters. The van der Waals surface area contributed by atoms with Gasteiger partial charge < -0.3 is 0 Å². The molecule has 64 heavy (non-hydrogen) atoms. The van der Waals surface area contributed by atoms with Crippen LogP contribution in [-0.2, 0) is 10.8 Å². The van der Waals surface area contributed by atoms with E-state index in [2.05, 4.69) is 232 Å². The van der Waals surface area contributed by atoms with E-state index in [0.29, 0.717) is 11.6 Å². The van der Waals surface area contributed by atoms with Gasteiger partial charge in [0.15, 0.2) is 11.6 Å². The average molecular weight is 820 g/mol. The van der Waals surface area contributed by atoms with Crippen molar-refractivity contribution in [3.63, 3.8) is 0 Å². The minimum absolute atomic E-state index is 0.0364. The maximum absolute atomic E-state index is 5.43. The topological polar surface area (TPSA) is 38.7 Å². The van der Waals surface area contributed by atoms with Gasteiger partial charge in [-0.3, -0.25) is 0 Å². The van der Waals surface area contributed by atoms with Crippen molar-refractivity contribution in [2.24, 2.45) is 0 Å². The Labute approximate surface area is 375 Å². The molecule has 0 N–H and O–H groups in total. The summed E-state index contributed by atoms with van der Waals surface area (Å²) < 4.78 is 0. The molecule has 0 saturated carbocycles. The highest BCUT2D eigenvalue weighted by molar-refractivity contribution is 5.97. The molecule has 1 spiro atoms. The van der Waals surface area contributed by atoms with Gasteiger partial charge in [-0.05, 0) is 90.4 Å². The zero-order chi connectivity index (χ0) is 42.8. The predicted molar refractivity (Wildman–Crippen MR) is 262 cm³/mol. The Balaban J connectivity index is 1.10. The van der Waals surface area contributed by atoms with Crippen LogP contribution in [0.1, 0.15) is 65.4 Å². The molecule has 3 aliphatic rings. The lowest BCUT2D eigenvalue weighted by Gasteiger charge is -2.46. The van der Waals surface area contributed by atoms with Crippen LogP contribution in [0.15, 0.2) is 218 Å². The molecule has 0 amide bonds. The summed E-state index contributed by atoms with van der Waals surface area (Å²) in [6.07, 6.45) is 9.47.